The van der Waals surface area contributed by atoms with E-state index in [1.54, 1.807) is 7.05 Å². The molecule has 112 valence electrons. The summed E-state index contributed by atoms with van der Waals surface area (Å²) in [5.74, 6) is -0.798. The van der Waals surface area contributed by atoms with Crippen molar-refractivity contribution in [3.05, 3.63) is 21.9 Å². The van der Waals surface area contributed by atoms with Gasteiger partial charge in [0.05, 0.1) is 5.02 Å². The number of hydrogen-bond acceptors (Lipinski definition) is 2. The van der Waals surface area contributed by atoms with E-state index in [-0.39, 0.29) is 18.2 Å². The number of aliphatic carboxylic acids is 1. The molecule has 1 aromatic rings. The summed E-state index contributed by atoms with van der Waals surface area (Å²) >= 11 is 11.7. The topological polar surface area (TPSA) is 71.3 Å². The third-order valence-corrected chi connectivity index (χ3v) is 3.96. The standard InChI is InChI=1S/C13H18Cl2N2O3/c1-8(3-4-11(18)19)5-6-16-13(20)10-7-9(14)12(15)17(10)2/h7-8H,3-6H2,1-2H3,(H,16,20)(H,18,19). The zero-order chi connectivity index (χ0) is 15.3. The Morgan fingerprint density at radius 1 is 1.40 bits per heavy atom. The van der Waals surface area contributed by atoms with Gasteiger partial charge in [-0.15, -0.1) is 0 Å². The number of hydrogen-bond donors (Lipinski definition) is 2. The summed E-state index contributed by atoms with van der Waals surface area (Å²) in [5, 5.41) is 12.0. The van der Waals surface area contributed by atoms with E-state index in [4.69, 9.17) is 28.3 Å². The third-order valence-electron chi connectivity index (χ3n) is 3.12. The Bertz CT molecular complexity index is 500. The Labute approximate surface area is 127 Å². The second-order valence-corrected chi connectivity index (χ2v) is 5.57. The van der Waals surface area contributed by atoms with E-state index in [0.29, 0.717) is 28.8 Å². The number of nitrogens with zero attached hydrogens (tertiary/aromatic N) is 1. The molecule has 0 aliphatic carbocycles. The second-order valence-electron chi connectivity index (χ2n) is 4.81. The van der Waals surface area contributed by atoms with Crippen molar-refractivity contribution in [1.82, 2.24) is 9.88 Å². The predicted octanol–water partition coefficient (Wildman–Crippen LogP) is 2.95. The van der Waals surface area contributed by atoms with E-state index in [0.717, 1.165) is 6.42 Å². The number of nitrogens with one attached hydrogen (secondary N) is 1. The molecule has 0 saturated carbocycles. The Balaban J connectivity index is 2.40. The zero-order valence-corrected chi connectivity index (χ0v) is 13.0. The summed E-state index contributed by atoms with van der Waals surface area (Å²) in [6, 6.07) is 1.52. The Kier molecular flexibility index (Phi) is 6.36. The van der Waals surface area contributed by atoms with Gasteiger partial charge < -0.3 is 15.0 Å². The summed E-state index contributed by atoms with van der Waals surface area (Å²) < 4.78 is 1.52. The van der Waals surface area contributed by atoms with Crippen molar-refractivity contribution in [2.45, 2.75) is 26.2 Å². The molecule has 1 heterocycles. The Morgan fingerprint density at radius 3 is 2.55 bits per heavy atom. The molecule has 0 aliphatic rings. The first kappa shape index (κ1) is 16.9. The van der Waals surface area contributed by atoms with Crippen LogP contribution in [0, 0.1) is 5.92 Å². The minimum absolute atomic E-state index is 0.151. The highest BCUT2D eigenvalue weighted by Gasteiger charge is 2.15. The van der Waals surface area contributed by atoms with Crippen molar-refractivity contribution >= 4 is 35.1 Å². The van der Waals surface area contributed by atoms with E-state index in [2.05, 4.69) is 5.32 Å². The van der Waals surface area contributed by atoms with E-state index in [9.17, 15) is 9.59 Å². The predicted molar refractivity (Wildman–Crippen MR) is 78.4 cm³/mol. The summed E-state index contributed by atoms with van der Waals surface area (Å²) in [5.41, 5.74) is 0.401. The highest BCUT2D eigenvalue weighted by atomic mass is 35.5. The number of halogens is 2. The molecule has 1 unspecified atom stereocenters. The van der Waals surface area contributed by atoms with Gasteiger partial charge in [0.25, 0.3) is 5.91 Å². The first-order valence-corrected chi connectivity index (χ1v) is 7.09. The largest absolute Gasteiger partial charge is 0.481 e. The molecule has 1 rings (SSSR count). The van der Waals surface area contributed by atoms with Crippen LogP contribution in [0.1, 0.15) is 36.7 Å². The number of aromatic nitrogens is 1. The molecule has 0 saturated heterocycles. The van der Waals surface area contributed by atoms with Crippen LogP contribution in [0.2, 0.25) is 10.2 Å². The molecule has 0 aromatic carbocycles. The van der Waals surface area contributed by atoms with Gasteiger partial charge in [-0.05, 0) is 24.8 Å². The lowest BCUT2D eigenvalue weighted by atomic mass is 10.0. The third kappa shape index (κ3) is 4.72. The monoisotopic (exact) mass is 320 g/mol. The molecule has 0 aliphatic heterocycles. The van der Waals surface area contributed by atoms with Gasteiger partial charge in [-0.3, -0.25) is 9.59 Å². The van der Waals surface area contributed by atoms with Crippen molar-refractivity contribution in [1.29, 1.82) is 0 Å². The van der Waals surface area contributed by atoms with Crippen LogP contribution in [0.3, 0.4) is 0 Å². The number of carbonyl (C=O) groups is 2. The quantitative estimate of drug-likeness (QED) is 0.811. The van der Waals surface area contributed by atoms with Crippen LogP contribution in [0.15, 0.2) is 6.07 Å². The van der Waals surface area contributed by atoms with Gasteiger partial charge in [0.15, 0.2) is 0 Å². The van der Waals surface area contributed by atoms with Gasteiger partial charge in [-0.1, -0.05) is 30.1 Å². The van der Waals surface area contributed by atoms with Crippen molar-refractivity contribution in [2.75, 3.05) is 6.54 Å². The SMILES string of the molecule is CC(CCNC(=O)c1cc(Cl)c(Cl)n1C)CCC(=O)O. The minimum atomic E-state index is -0.797. The molecule has 0 spiro atoms. The molecule has 5 nitrogen and oxygen atoms in total. The van der Waals surface area contributed by atoms with Crippen LogP contribution in [-0.4, -0.2) is 28.1 Å². The van der Waals surface area contributed by atoms with Crippen LogP contribution < -0.4 is 5.32 Å². The number of carbonyl (C=O) groups excluding carboxylic acids is 1. The molecule has 2 N–H and O–H groups in total. The average molecular weight is 321 g/mol. The van der Waals surface area contributed by atoms with E-state index < -0.39 is 5.97 Å². The van der Waals surface area contributed by atoms with Gasteiger partial charge in [0.1, 0.15) is 10.8 Å². The zero-order valence-electron chi connectivity index (χ0n) is 11.4. The lowest BCUT2D eigenvalue weighted by Gasteiger charge is -2.11. The highest BCUT2D eigenvalue weighted by molar-refractivity contribution is 6.41. The molecule has 1 atom stereocenters. The van der Waals surface area contributed by atoms with E-state index in [1.807, 2.05) is 6.92 Å². The smallest absolute Gasteiger partial charge is 0.303 e. The maximum absolute atomic E-state index is 11.9. The summed E-state index contributed by atoms with van der Waals surface area (Å²) in [7, 11) is 1.67. The molecule has 0 bridgehead atoms. The molecule has 7 heteroatoms. The first-order valence-electron chi connectivity index (χ1n) is 6.33. The Hall–Kier alpha value is -1.20. The molecule has 20 heavy (non-hydrogen) atoms. The summed E-state index contributed by atoms with van der Waals surface area (Å²) in [6.07, 6.45) is 1.48. The van der Waals surface area contributed by atoms with Crippen LogP contribution >= 0.6 is 23.2 Å². The molecule has 0 radical (unpaired) electrons. The van der Waals surface area contributed by atoms with Crippen LogP contribution in [0.5, 0.6) is 0 Å². The molecular formula is C13H18Cl2N2O3. The maximum atomic E-state index is 11.9. The Morgan fingerprint density at radius 2 is 2.05 bits per heavy atom. The normalized spacial score (nSPS) is 12.2. The molecule has 1 amide bonds. The van der Waals surface area contributed by atoms with E-state index in [1.165, 1.54) is 10.6 Å². The van der Waals surface area contributed by atoms with Crippen LogP contribution in [0.4, 0.5) is 0 Å². The van der Waals surface area contributed by atoms with Crippen molar-refractivity contribution in [3.8, 4) is 0 Å². The van der Waals surface area contributed by atoms with Gasteiger partial charge in [0.2, 0.25) is 0 Å². The van der Waals surface area contributed by atoms with Gasteiger partial charge >= 0.3 is 5.97 Å². The second kappa shape index (κ2) is 7.55. The van der Waals surface area contributed by atoms with Gasteiger partial charge in [-0.25, -0.2) is 0 Å². The molecule has 1 aromatic heterocycles. The molecular weight excluding hydrogens is 303 g/mol. The fourth-order valence-electron chi connectivity index (χ4n) is 1.80. The van der Waals surface area contributed by atoms with Crippen molar-refractivity contribution < 1.29 is 14.7 Å². The fourth-order valence-corrected chi connectivity index (χ4v) is 2.17. The number of carboxylic acids is 1. The highest BCUT2D eigenvalue weighted by Crippen LogP contribution is 2.24. The fraction of sp³-hybridized carbons (Fsp3) is 0.538. The first-order chi connectivity index (χ1) is 9.32. The van der Waals surface area contributed by atoms with Crippen LogP contribution in [0.25, 0.3) is 0 Å². The molecule has 0 fully saturated rings. The van der Waals surface area contributed by atoms with Crippen molar-refractivity contribution in [2.24, 2.45) is 13.0 Å². The number of amides is 1. The van der Waals surface area contributed by atoms with Crippen molar-refractivity contribution in [3.63, 3.8) is 0 Å². The lowest BCUT2D eigenvalue weighted by Crippen LogP contribution is -2.27. The minimum Gasteiger partial charge on any atom is -0.481 e. The van der Waals surface area contributed by atoms with Gasteiger partial charge in [0, 0.05) is 20.0 Å². The average Bonchev–Trinajstić information content (AvgIpc) is 2.64. The number of carboxylic acid groups (broad SMARTS) is 1. The van der Waals surface area contributed by atoms with Gasteiger partial charge in [-0.2, -0.15) is 0 Å². The van der Waals surface area contributed by atoms with Crippen LogP contribution in [-0.2, 0) is 11.8 Å². The lowest BCUT2D eigenvalue weighted by molar-refractivity contribution is -0.137. The summed E-state index contributed by atoms with van der Waals surface area (Å²) in [6.45, 7) is 2.45. The maximum Gasteiger partial charge on any atom is 0.303 e. The number of rotatable bonds is 7. The summed E-state index contributed by atoms with van der Waals surface area (Å²) in [4.78, 5) is 22.4. The van der Waals surface area contributed by atoms with E-state index >= 15 is 0 Å².